The van der Waals surface area contributed by atoms with E-state index in [0.717, 1.165) is 30.1 Å². The maximum Gasteiger partial charge on any atom is 0.238 e. The van der Waals surface area contributed by atoms with Crippen LogP contribution in [0.25, 0.3) is 0 Å². The summed E-state index contributed by atoms with van der Waals surface area (Å²) in [6.07, 6.45) is 3.14. The Bertz CT molecular complexity index is 480. The van der Waals surface area contributed by atoms with Crippen molar-refractivity contribution in [2.75, 3.05) is 37.8 Å². The van der Waals surface area contributed by atoms with Crippen molar-refractivity contribution < 1.29 is 4.79 Å². The van der Waals surface area contributed by atoms with Crippen molar-refractivity contribution in [2.45, 2.75) is 18.2 Å². The van der Waals surface area contributed by atoms with Crippen LogP contribution in [-0.4, -0.2) is 43.2 Å². The lowest BCUT2D eigenvalue weighted by Gasteiger charge is -2.36. The van der Waals surface area contributed by atoms with Crippen LogP contribution in [0.15, 0.2) is 29.2 Å². The second kappa shape index (κ2) is 7.82. The van der Waals surface area contributed by atoms with Crippen molar-refractivity contribution in [1.82, 2.24) is 4.90 Å². The van der Waals surface area contributed by atoms with Gasteiger partial charge in [0.25, 0.3) is 0 Å². The largest absolute Gasteiger partial charge is 0.330 e. The van der Waals surface area contributed by atoms with Gasteiger partial charge in [0.05, 0.1) is 12.2 Å². The molecule has 0 aliphatic carbocycles. The number of benzene rings is 1. The number of para-hydroxylation sites is 1. The second-order valence-electron chi connectivity index (χ2n) is 5.75. The summed E-state index contributed by atoms with van der Waals surface area (Å²) >= 11 is 1.64. The number of carbonyl (C=O) groups excluding carboxylic acids is 1. The average Bonchev–Trinajstić information content (AvgIpc) is 2.49. The van der Waals surface area contributed by atoms with Crippen molar-refractivity contribution in [3.05, 3.63) is 24.3 Å². The van der Waals surface area contributed by atoms with Crippen molar-refractivity contribution in [3.8, 4) is 0 Å². The number of piperidine rings is 1. The molecule has 0 saturated carbocycles. The summed E-state index contributed by atoms with van der Waals surface area (Å²) in [7, 11) is 0. The van der Waals surface area contributed by atoms with E-state index >= 15 is 0 Å². The molecule has 1 saturated heterocycles. The molecule has 0 aromatic heterocycles. The number of thioether (sulfide) groups is 1. The van der Waals surface area contributed by atoms with Gasteiger partial charge in [-0.05, 0) is 49.7 Å². The van der Waals surface area contributed by atoms with Gasteiger partial charge in [0.1, 0.15) is 0 Å². The van der Waals surface area contributed by atoms with E-state index in [2.05, 4.69) is 17.1 Å². The average molecular weight is 307 g/mol. The van der Waals surface area contributed by atoms with Crippen molar-refractivity contribution in [2.24, 2.45) is 17.6 Å². The minimum atomic E-state index is 0.0572. The molecular weight excluding hydrogens is 282 g/mol. The normalized spacial score (nSPS) is 23.0. The predicted octanol–water partition coefficient (Wildman–Crippen LogP) is 2.26. The molecule has 2 atom stereocenters. The third-order valence-corrected chi connectivity index (χ3v) is 5.04. The quantitative estimate of drug-likeness (QED) is 0.819. The topological polar surface area (TPSA) is 58.4 Å². The molecule has 0 spiro atoms. The molecule has 0 radical (unpaired) electrons. The number of nitrogens with one attached hydrogen (secondary N) is 1. The smallest absolute Gasteiger partial charge is 0.238 e. The van der Waals surface area contributed by atoms with Crippen molar-refractivity contribution in [3.63, 3.8) is 0 Å². The Hall–Kier alpha value is -1.04. The third-order valence-electron chi connectivity index (χ3n) is 4.25. The number of hydrogen-bond donors (Lipinski definition) is 2. The second-order valence-corrected chi connectivity index (χ2v) is 6.59. The number of anilines is 1. The highest BCUT2D eigenvalue weighted by Crippen LogP contribution is 2.25. The van der Waals surface area contributed by atoms with E-state index in [1.165, 1.54) is 0 Å². The Balaban J connectivity index is 1.90. The minimum absolute atomic E-state index is 0.0572. The highest BCUT2D eigenvalue weighted by Gasteiger charge is 2.26. The van der Waals surface area contributed by atoms with Crippen molar-refractivity contribution >= 4 is 23.4 Å². The minimum Gasteiger partial charge on any atom is -0.330 e. The molecule has 1 amide bonds. The molecule has 3 N–H and O–H groups in total. The maximum absolute atomic E-state index is 12.2. The lowest BCUT2D eigenvalue weighted by Crippen LogP contribution is -2.45. The summed E-state index contributed by atoms with van der Waals surface area (Å²) < 4.78 is 0. The van der Waals surface area contributed by atoms with Gasteiger partial charge < -0.3 is 11.1 Å². The first-order valence-corrected chi connectivity index (χ1v) is 8.71. The van der Waals surface area contributed by atoms with Gasteiger partial charge in [-0.2, -0.15) is 0 Å². The fraction of sp³-hybridized carbons (Fsp3) is 0.562. The van der Waals surface area contributed by atoms with Gasteiger partial charge in [0.15, 0.2) is 0 Å². The van der Waals surface area contributed by atoms with Crippen LogP contribution in [0.5, 0.6) is 0 Å². The number of hydrogen-bond acceptors (Lipinski definition) is 4. The van der Waals surface area contributed by atoms with Gasteiger partial charge >= 0.3 is 0 Å². The Morgan fingerprint density at radius 1 is 1.48 bits per heavy atom. The SMILES string of the molecule is CSc1ccccc1NC(=O)CN1CCC(C)C(CN)C1. The molecule has 0 bridgehead atoms. The highest BCUT2D eigenvalue weighted by atomic mass is 32.2. The number of carbonyl (C=O) groups is 1. The van der Waals surface area contributed by atoms with Crippen LogP contribution in [0, 0.1) is 11.8 Å². The van der Waals surface area contributed by atoms with Crippen molar-refractivity contribution in [1.29, 1.82) is 0 Å². The Labute approximate surface area is 131 Å². The van der Waals surface area contributed by atoms with E-state index in [0.29, 0.717) is 24.9 Å². The summed E-state index contributed by atoms with van der Waals surface area (Å²) in [4.78, 5) is 15.5. The van der Waals surface area contributed by atoms with Gasteiger partial charge in [0, 0.05) is 11.4 Å². The number of rotatable bonds is 5. The number of amides is 1. The molecular formula is C16H25N3OS. The van der Waals surface area contributed by atoms with E-state index in [1.54, 1.807) is 11.8 Å². The van der Waals surface area contributed by atoms with E-state index in [4.69, 9.17) is 5.73 Å². The van der Waals surface area contributed by atoms with Gasteiger partial charge in [-0.25, -0.2) is 0 Å². The molecule has 1 aliphatic rings. The monoisotopic (exact) mass is 307 g/mol. The first kappa shape index (κ1) is 16.3. The third kappa shape index (κ3) is 4.46. The van der Waals surface area contributed by atoms with Crippen LogP contribution in [0.3, 0.4) is 0 Å². The summed E-state index contributed by atoms with van der Waals surface area (Å²) in [6, 6.07) is 7.90. The van der Waals surface area contributed by atoms with Gasteiger partial charge in [-0.15, -0.1) is 11.8 Å². The molecule has 5 heteroatoms. The lowest BCUT2D eigenvalue weighted by atomic mass is 9.87. The summed E-state index contributed by atoms with van der Waals surface area (Å²) in [5.41, 5.74) is 6.72. The number of nitrogens with zero attached hydrogens (tertiary/aromatic N) is 1. The molecule has 1 aliphatic heterocycles. The summed E-state index contributed by atoms with van der Waals surface area (Å²) in [5, 5.41) is 3.02. The lowest BCUT2D eigenvalue weighted by molar-refractivity contribution is -0.117. The zero-order chi connectivity index (χ0) is 15.2. The van der Waals surface area contributed by atoms with Gasteiger partial charge in [0.2, 0.25) is 5.91 Å². The molecule has 21 heavy (non-hydrogen) atoms. The zero-order valence-corrected chi connectivity index (χ0v) is 13.7. The fourth-order valence-corrected chi connectivity index (χ4v) is 3.37. The van der Waals surface area contributed by atoms with E-state index in [1.807, 2.05) is 30.5 Å². The van der Waals surface area contributed by atoms with Gasteiger partial charge in [-0.1, -0.05) is 19.1 Å². The summed E-state index contributed by atoms with van der Waals surface area (Å²) in [6.45, 7) is 5.31. The maximum atomic E-state index is 12.2. The molecule has 116 valence electrons. The predicted molar refractivity (Wildman–Crippen MR) is 89.6 cm³/mol. The first-order chi connectivity index (χ1) is 10.1. The van der Waals surface area contributed by atoms with E-state index < -0.39 is 0 Å². The first-order valence-electron chi connectivity index (χ1n) is 7.49. The van der Waals surface area contributed by atoms with E-state index in [9.17, 15) is 4.79 Å². The number of likely N-dealkylation sites (tertiary alicyclic amines) is 1. The highest BCUT2D eigenvalue weighted by molar-refractivity contribution is 7.98. The van der Waals surface area contributed by atoms with Crippen LogP contribution in [0.2, 0.25) is 0 Å². The van der Waals surface area contributed by atoms with Crippen LogP contribution < -0.4 is 11.1 Å². The molecule has 2 rings (SSSR count). The van der Waals surface area contributed by atoms with E-state index in [-0.39, 0.29) is 5.91 Å². The van der Waals surface area contributed by atoms with Crippen LogP contribution in [0.1, 0.15) is 13.3 Å². The summed E-state index contributed by atoms with van der Waals surface area (Å²) in [5.74, 6) is 1.22. The molecule has 1 aromatic rings. The van der Waals surface area contributed by atoms with Crippen LogP contribution in [0.4, 0.5) is 5.69 Å². The van der Waals surface area contributed by atoms with Gasteiger partial charge in [-0.3, -0.25) is 9.69 Å². The molecule has 2 unspecified atom stereocenters. The fourth-order valence-electron chi connectivity index (χ4n) is 2.82. The Kier molecular flexibility index (Phi) is 6.08. The standard InChI is InChI=1S/C16H25N3OS/c1-12-7-8-19(10-13(12)9-17)11-16(20)18-14-5-3-4-6-15(14)21-2/h3-6,12-13H,7-11,17H2,1-2H3,(H,18,20). The van der Waals surface area contributed by atoms with Crippen LogP contribution in [-0.2, 0) is 4.79 Å². The Morgan fingerprint density at radius 3 is 2.95 bits per heavy atom. The zero-order valence-electron chi connectivity index (χ0n) is 12.8. The molecule has 1 heterocycles. The Morgan fingerprint density at radius 2 is 2.24 bits per heavy atom. The molecule has 1 aromatic carbocycles. The van der Waals surface area contributed by atoms with Crippen LogP contribution >= 0.6 is 11.8 Å². The molecule has 4 nitrogen and oxygen atoms in total. The number of nitrogens with two attached hydrogens (primary N) is 1. The molecule has 1 fully saturated rings.